The Hall–Kier alpha value is -2.74. The van der Waals surface area contributed by atoms with E-state index in [2.05, 4.69) is 25.3 Å². The first-order valence-electron chi connectivity index (χ1n) is 10.9. The third-order valence-electron chi connectivity index (χ3n) is 5.82. The average Bonchev–Trinajstić information content (AvgIpc) is 3.15. The van der Waals surface area contributed by atoms with Gasteiger partial charge in [0.1, 0.15) is 23.8 Å². The van der Waals surface area contributed by atoms with Gasteiger partial charge in [0, 0.05) is 24.7 Å². The summed E-state index contributed by atoms with van der Waals surface area (Å²) in [6, 6.07) is 2.47. The van der Waals surface area contributed by atoms with Gasteiger partial charge in [-0.3, -0.25) is 0 Å². The van der Waals surface area contributed by atoms with Crippen molar-refractivity contribution >= 4 is 27.0 Å². The highest BCUT2D eigenvalue weighted by atomic mass is 32.2. The van der Waals surface area contributed by atoms with Crippen molar-refractivity contribution in [3.8, 4) is 11.4 Å². The number of nitrogens with one attached hydrogen (secondary N) is 1. The molecule has 1 saturated heterocycles. The topological polar surface area (TPSA) is 146 Å². The summed E-state index contributed by atoms with van der Waals surface area (Å²) in [6.45, 7) is 5.66. The lowest BCUT2D eigenvalue weighted by atomic mass is 10.0. The Bertz CT molecular complexity index is 1310. The molecule has 0 radical (unpaired) electrons. The average molecular weight is 494 g/mol. The Morgan fingerprint density at radius 1 is 1.21 bits per heavy atom. The van der Waals surface area contributed by atoms with Crippen LogP contribution in [-0.2, 0) is 10.0 Å². The molecule has 0 spiro atoms. The van der Waals surface area contributed by atoms with Crippen molar-refractivity contribution in [1.29, 1.82) is 0 Å². The van der Waals surface area contributed by atoms with Gasteiger partial charge in [-0.15, -0.1) is 0 Å². The van der Waals surface area contributed by atoms with Gasteiger partial charge in [0.2, 0.25) is 16.0 Å². The fourth-order valence-corrected chi connectivity index (χ4v) is 5.04. The second-order valence-corrected chi connectivity index (χ2v) is 10.8. The Kier molecular flexibility index (Phi) is 6.55. The standard InChI is InChI=1S/C21H28FN7O4S/c1-11(2)29-16-8-13(7-14(22)18(16)26-20(29)12(3)30)19-23-10-24-21(27-19)25-15-5-6-28(9-17(15)31)34(4,32)33/h7-8,10-12,15,17,30-31H,5-6,9H2,1-4H3,(H,23,24,25,27)/t12-,15-,17-/m1/s1. The number of aromatic nitrogens is 5. The Morgan fingerprint density at radius 2 is 1.94 bits per heavy atom. The highest BCUT2D eigenvalue weighted by Crippen LogP contribution is 2.30. The van der Waals surface area contributed by atoms with Gasteiger partial charge in [-0.2, -0.15) is 9.29 Å². The lowest BCUT2D eigenvalue weighted by Crippen LogP contribution is -2.51. The molecule has 1 aromatic carbocycles. The summed E-state index contributed by atoms with van der Waals surface area (Å²) in [5.74, 6) is 0.210. The molecule has 3 heterocycles. The number of benzene rings is 1. The zero-order valence-electron chi connectivity index (χ0n) is 19.3. The van der Waals surface area contributed by atoms with Crippen molar-refractivity contribution in [2.75, 3.05) is 24.7 Å². The highest BCUT2D eigenvalue weighted by molar-refractivity contribution is 7.88. The number of sulfonamides is 1. The molecule has 0 unspecified atom stereocenters. The number of piperidine rings is 1. The maximum absolute atomic E-state index is 15.0. The second kappa shape index (κ2) is 9.13. The van der Waals surface area contributed by atoms with Crippen LogP contribution in [0.3, 0.4) is 0 Å². The zero-order valence-corrected chi connectivity index (χ0v) is 20.2. The number of aliphatic hydroxyl groups is 2. The van der Waals surface area contributed by atoms with Crippen molar-refractivity contribution in [2.45, 2.75) is 51.5 Å². The minimum atomic E-state index is -3.39. The summed E-state index contributed by atoms with van der Waals surface area (Å²) in [5, 5.41) is 23.6. The monoisotopic (exact) mass is 493 g/mol. The molecule has 2 aromatic heterocycles. The van der Waals surface area contributed by atoms with Gasteiger partial charge in [0.15, 0.2) is 11.6 Å². The van der Waals surface area contributed by atoms with Crippen molar-refractivity contribution in [3.05, 3.63) is 30.1 Å². The van der Waals surface area contributed by atoms with E-state index in [1.807, 2.05) is 13.8 Å². The number of hydrogen-bond acceptors (Lipinski definition) is 9. The molecule has 0 bridgehead atoms. The van der Waals surface area contributed by atoms with Crippen LogP contribution in [0.2, 0.25) is 0 Å². The number of rotatable bonds is 6. The molecule has 1 fully saturated rings. The van der Waals surface area contributed by atoms with Crippen LogP contribution in [0.25, 0.3) is 22.4 Å². The fraction of sp³-hybridized carbons (Fsp3) is 0.524. The Balaban J connectivity index is 1.64. The lowest BCUT2D eigenvalue weighted by Gasteiger charge is -2.34. The first kappa shape index (κ1) is 24.4. The van der Waals surface area contributed by atoms with Crippen molar-refractivity contribution < 1.29 is 23.0 Å². The van der Waals surface area contributed by atoms with Crippen LogP contribution in [0, 0.1) is 5.82 Å². The van der Waals surface area contributed by atoms with Crippen LogP contribution in [-0.4, -0.2) is 78.9 Å². The van der Waals surface area contributed by atoms with Crippen LogP contribution in [0.1, 0.15) is 45.2 Å². The van der Waals surface area contributed by atoms with E-state index >= 15 is 0 Å². The maximum atomic E-state index is 15.0. The van der Waals surface area contributed by atoms with E-state index < -0.39 is 34.1 Å². The number of imidazole rings is 1. The summed E-state index contributed by atoms with van der Waals surface area (Å²) in [6.07, 6.45) is 0.942. The van der Waals surface area contributed by atoms with Crippen LogP contribution in [0.15, 0.2) is 18.5 Å². The fourth-order valence-electron chi connectivity index (χ4n) is 4.18. The number of nitrogens with zero attached hydrogens (tertiary/aromatic N) is 6. The quantitative estimate of drug-likeness (QED) is 0.464. The van der Waals surface area contributed by atoms with Gasteiger partial charge >= 0.3 is 0 Å². The minimum Gasteiger partial charge on any atom is -0.390 e. The third kappa shape index (κ3) is 4.73. The maximum Gasteiger partial charge on any atom is 0.226 e. The van der Waals surface area contributed by atoms with E-state index in [-0.39, 0.29) is 36.4 Å². The molecule has 13 heteroatoms. The molecule has 184 valence electrons. The number of hydrogen-bond donors (Lipinski definition) is 3. The zero-order chi connectivity index (χ0) is 24.8. The summed E-state index contributed by atoms with van der Waals surface area (Å²) in [4.78, 5) is 16.9. The number of halogens is 1. The van der Waals surface area contributed by atoms with Gasteiger partial charge in [0.05, 0.1) is 23.9 Å². The number of anilines is 1. The number of fused-ring (bicyclic) bond motifs is 1. The largest absolute Gasteiger partial charge is 0.390 e. The molecule has 34 heavy (non-hydrogen) atoms. The molecule has 3 aromatic rings. The van der Waals surface area contributed by atoms with Crippen LogP contribution in [0.4, 0.5) is 10.3 Å². The molecule has 3 atom stereocenters. The molecule has 0 saturated carbocycles. The summed E-state index contributed by atoms with van der Waals surface area (Å²) >= 11 is 0. The van der Waals surface area contributed by atoms with E-state index in [1.54, 1.807) is 17.6 Å². The van der Waals surface area contributed by atoms with E-state index in [1.165, 1.54) is 16.7 Å². The predicted molar refractivity (Wildman–Crippen MR) is 124 cm³/mol. The molecule has 0 aliphatic carbocycles. The van der Waals surface area contributed by atoms with Gasteiger partial charge in [0.25, 0.3) is 0 Å². The molecule has 0 amide bonds. The van der Waals surface area contributed by atoms with Gasteiger partial charge in [-0.1, -0.05) is 0 Å². The predicted octanol–water partition coefficient (Wildman–Crippen LogP) is 1.47. The molecular formula is C21H28FN7O4S. The van der Waals surface area contributed by atoms with Crippen molar-refractivity contribution in [3.63, 3.8) is 0 Å². The molecule has 1 aliphatic rings. The normalized spacial score (nSPS) is 20.7. The van der Waals surface area contributed by atoms with Crippen molar-refractivity contribution in [2.24, 2.45) is 0 Å². The summed E-state index contributed by atoms with van der Waals surface area (Å²) in [7, 11) is -3.39. The van der Waals surface area contributed by atoms with Crippen LogP contribution in [0.5, 0.6) is 0 Å². The summed E-state index contributed by atoms with van der Waals surface area (Å²) in [5.41, 5.74) is 1.07. The molecule has 11 nitrogen and oxygen atoms in total. The molecule has 1 aliphatic heterocycles. The first-order valence-corrected chi connectivity index (χ1v) is 12.8. The van der Waals surface area contributed by atoms with E-state index in [0.717, 1.165) is 6.26 Å². The molecule has 4 rings (SSSR count). The van der Waals surface area contributed by atoms with Gasteiger partial charge in [-0.25, -0.2) is 27.8 Å². The van der Waals surface area contributed by atoms with Gasteiger partial charge < -0.3 is 20.1 Å². The van der Waals surface area contributed by atoms with Crippen LogP contribution < -0.4 is 5.32 Å². The lowest BCUT2D eigenvalue weighted by molar-refractivity contribution is 0.0950. The van der Waals surface area contributed by atoms with Crippen molar-refractivity contribution in [1.82, 2.24) is 28.8 Å². The van der Waals surface area contributed by atoms with E-state index in [9.17, 15) is 23.0 Å². The second-order valence-electron chi connectivity index (χ2n) is 8.80. The minimum absolute atomic E-state index is 0.0267. The van der Waals surface area contributed by atoms with Gasteiger partial charge in [-0.05, 0) is 39.3 Å². The SMILES string of the molecule is CC(C)n1c([C@@H](C)O)nc2c(F)cc(-c3ncnc(N[C@@H]4CCN(S(C)(=O)=O)C[C@H]4O)n3)cc21. The number of β-amino-alcohol motifs (C(OH)–C–C–N with tert-alkyl or cyclic N) is 1. The third-order valence-corrected chi connectivity index (χ3v) is 7.09. The Labute approximate surface area is 196 Å². The molecular weight excluding hydrogens is 465 g/mol. The molecule has 3 N–H and O–H groups in total. The van der Waals surface area contributed by atoms with E-state index in [0.29, 0.717) is 23.3 Å². The smallest absolute Gasteiger partial charge is 0.226 e. The summed E-state index contributed by atoms with van der Waals surface area (Å²) < 4.78 is 41.5. The van der Waals surface area contributed by atoms with Crippen LogP contribution >= 0.6 is 0 Å². The van der Waals surface area contributed by atoms with E-state index in [4.69, 9.17) is 0 Å². The Morgan fingerprint density at radius 3 is 2.56 bits per heavy atom. The highest BCUT2D eigenvalue weighted by Gasteiger charge is 2.32. The number of aliphatic hydroxyl groups excluding tert-OH is 2. The first-order chi connectivity index (χ1) is 16.0.